The topological polar surface area (TPSA) is 41.6 Å². The Morgan fingerprint density at radius 1 is 1.53 bits per heavy atom. The van der Waals surface area contributed by atoms with Crippen LogP contribution in [0.4, 0.5) is 5.69 Å². The summed E-state index contributed by atoms with van der Waals surface area (Å²) in [5, 5.41) is 3.12. The van der Waals surface area contributed by atoms with Gasteiger partial charge in [0.1, 0.15) is 6.61 Å². The zero-order valence-electron chi connectivity index (χ0n) is 11.3. The van der Waals surface area contributed by atoms with Gasteiger partial charge in [0.25, 0.3) is 5.91 Å². The Bertz CT molecular complexity index is 465. The third-order valence-corrected chi connectivity index (χ3v) is 3.90. The van der Waals surface area contributed by atoms with Crippen molar-refractivity contribution in [3.05, 3.63) is 28.2 Å². The lowest BCUT2D eigenvalue weighted by molar-refractivity contribution is -0.127. The van der Waals surface area contributed by atoms with Crippen molar-refractivity contribution in [3.8, 4) is 0 Å². The summed E-state index contributed by atoms with van der Waals surface area (Å²) in [4.78, 5) is 14.0. The summed E-state index contributed by atoms with van der Waals surface area (Å²) in [6, 6.07) is 6.15. The zero-order chi connectivity index (χ0) is 13.8. The standard InChI is InChI=1S/C14H19BrN2O2/c1-10-3-4-13(12(15)7-10)17-11(5-6-16-2)8-19-9-14(17)18/h3-4,7,11,16H,5-6,8-9H2,1-2H3. The van der Waals surface area contributed by atoms with Crippen molar-refractivity contribution in [2.75, 3.05) is 31.7 Å². The van der Waals surface area contributed by atoms with E-state index in [0.29, 0.717) is 6.61 Å². The number of benzene rings is 1. The van der Waals surface area contributed by atoms with Crippen LogP contribution in [-0.2, 0) is 9.53 Å². The summed E-state index contributed by atoms with van der Waals surface area (Å²) >= 11 is 3.56. The number of hydrogen-bond donors (Lipinski definition) is 1. The molecular weight excluding hydrogens is 308 g/mol. The number of anilines is 1. The minimum absolute atomic E-state index is 0.0249. The number of halogens is 1. The van der Waals surface area contributed by atoms with E-state index in [4.69, 9.17) is 4.74 Å². The third-order valence-electron chi connectivity index (χ3n) is 3.26. The van der Waals surface area contributed by atoms with Gasteiger partial charge in [0.05, 0.1) is 18.3 Å². The molecular formula is C14H19BrN2O2. The van der Waals surface area contributed by atoms with Gasteiger partial charge in [-0.1, -0.05) is 6.07 Å². The number of carbonyl (C=O) groups is 1. The highest BCUT2D eigenvalue weighted by Gasteiger charge is 2.30. The maximum atomic E-state index is 12.2. The Morgan fingerprint density at radius 2 is 2.32 bits per heavy atom. The molecule has 0 radical (unpaired) electrons. The SMILES string of the molecule is CNCCC1COCC(=O)N1c1ccc(C)cc1Br. The first kappa shape index (κ1) is 14.5. The first-order valence-corrected chi connectivity index (χ1v) is 7.23. The van der Waals surface area contributed by atoms with E-state index in [-0.39, 0.29) is 18.6 Å². The minimum atomic E-state index is 0.0249. The van der Waals surface area contributed by atoms with E-state index in [1.54, 1.807) is 0 Å². The summed E-state index contributed by atoms with van der Waals surface area (Å²) in [6.45, 7) is 3.65. The van der Waals surface area contributed by atoms with Gasteiger partial charge in [0.15, 0.2) is 0 Å². The van der Waals surface area contributed by atoms with Crippen LogP contribution in [0.25, 0.3) is 0 Å². The van der Waals surface area contributed by atoms with Gasteiger partial charge in [-0.05, 0) is 60.6 Å². The summed E-state index contributed by atoms with van der Waals surface area (Å²) in [6.07, 6.45) is 0.878. The first-order chi connectivity index (χ1) is 9.13. The van der Waals surface area contributed by atoms with E-state index >= 15 is 0 Å². The van der Waals surface area contributed by atoms with Gasteiger partial charge in [-0.25, -0.2) is 0 Å². The number of hydrogen-bond acceptors (Lipinski definition) is 3. The Balaban J connectivity index is 2.28. The molecule has 19 heavy (non-hydrogen) atoms. The van der Waals surface area contributed by atoms with Crippen molar-refractivity contribution in [1.29, 1.82) is 0 Å². The Labute approximate surface area is 122 Å². The second kappa shape index (κ2) is 6.50. The molecule has 104 valence electrons. The smallest absolute Gasteiger partial charge is 0.253 e. The van der Waals surface area contributed by atoms with Crippen LogP contribution in [0.3, 0.4) is 0 Å². The number of rotatable bonds is 4. The molecule has 1 heterocycles. The van der Waals surface area contributed by atoms with E-state index in [9.17, 15) is 4.79 Å². The summed E-state index contributed by atoms with van der Waals surface area (Å²) < 4.78 is 6.33. The lowest BCUT2D eigenvalue weighted by Gasteiger charge is -2.36. The molecule has 1 fully saturated rings. The van der Waals surface area contributed by atoms with E-state index < -0.39 is 0 Å². The van der Waals surface area contributed by atoms with E-state index in [1.807, 2.05) is 37.1 Å². The normalized spacial score (nSPS) is 19.8. The molecule has 1 saturated heterocycles. The largest absolute Gasteiger partial charge is 0.369 e. The average Bonchev–Trinajstić information content (AvgIpc) is 2.37. The Kier molecular flexibility index (Phi) is 4.96. The summed E-state index contributed by atoms with van der Waals surface area (Å²) in [5.41, 5.74) is 2.10. The Morgan fingerprint density at radius 3 is 3.00 bits per heavy atom. The molecule has 1 aromatic carbocycles. The van der Waals surface area contributed by atoms with E-state index in [2.05, 4.69) is 21.2 Å². The fourth-order valence-corrected chi connectivity index (χ4v) is 2.98. The van der Waals surface area contributed by atoms with Gasteiger partial charge in [-0.2, -0.15) is 0 Å². The molecule has 0 aliphatic carbocycles. The number of amides is 1. The third kappa shape index (κ3) is 3.35. The van der Waals surface area contributed by atoms with Crippen LogP contribution in [0.2, 0.25) is 0 Å². The highest BCUT2D eigenvalue weighted by molar-refractivity contribution is 9.10. The van der Waals surface area contributed by atoms with Gasteiger partial charge >= 0.3 is 0 Å². The van der Waals surface area contributed by atoms with Gasteiger partial charge < -0.3 is 15.0 Å². The number of ether oxygens (including phenoxy) is 1. The van der Waals surface area contributed by atoms with Crippen LogP contribution < -0.4 is 10.2 Å². The molecule has 5 heteroatoms. The van der Waals surface area contributed by atoms with Crippen molar-refractivity contribution in [2.24, 2.45) is 0 Å². The van der Waals surface area contributed by atoms with Crippen LogP contribution in [0, 0.1) is 6.92 Å². The first-order valence-electron chi connectivity index (χ1n) is 6.44. The number of morpholine rings is 1. The summed E-state index contributed by atoms with van der Waals surface area (Å²) in [5.74, 6) is 0.0249. The fourth-order valence-electron chi connectivity index (χ4n) is 2.29. The monoisotopic (exact) mass is 326 g/mol. The number of nitrogens with zero attached hydrogens (tertiary/aromatic N) is 1. The Hall–Kier alpha value is -0.910. The van der Waals surface area contributed by atoms with Crippen molar-refractivity contribution < 1.29 is 9.53 Å². The van der Waals surface area contributed by atoms with E-state index in [1.165, 1.54) is 5.56 Å². The van der Waals surface area contributed by atoms with Crippen LogP contribution in [0.5, 0.6) is 0 Å². The number of carbonyl (C=O) groups excluding carboxylic acids is 1. The lowest BCUT2D eigenvalue weighted by atomic mass is 10.1. The molecule has 1 aliphatic heterocycles. The fraction of sp³-hybridized carbons (Fsp3) is 0.500. The van der Waals surface area contributed by atoms with Crippen molar-refractivity contribution in [1.82, 2.24) is 5.32 Å². The van der Waals surface area contributed by atoms with E-state index in [0.717, 1.165) is 23.1 Å². The van der Waals surface area contributed by atoms with Gasteiger partial charge in [-0.3, -0.25) is 4.79 Å². The number of aryl methyl sites for hydroxylation is 1. The van der Waals surface area contributed by atoms with Crippen LogP contribution in [0.1, 0.15) is 12.0 Å². The average molecular weight is 327 g/mol. The van der Waals surface area contributed by atoms with Crippen LogP contribution >= 0.6 is 15.9 Å². The highest BCUT2D eigenvalue weighted by atomic mass is 79.9. The molecule has 0 saturated carbocycles. The van der Waals surface area contributed by atoms with Crippen molar-refractivity contribution in [2.45, 2.75) is 19.4 Å². The van der Waals surface area contributed by atoms with Gasteiger partial charge in [0, 0.05) is 4.47 Å². The molecule has 1 N–H and O–H groups in total. The molecule has 0 aromatic heterocycles. The predicted molar refractivity (Wildman–Crippen MR) is 79.5 cm³/mol. The molecule has 1 atom stereocenters. The molecule has 2 rings (SSSR count). The van der Waals surface area contributed by atoms with Gasteiger partial charge in [0.2, 0.25) is 0 Å². The molecule has 1 unspecified atom stereocenters. The second-order valence-electron chi connectivity index (χ2n) is 4.78. The second-order valence-corrected chi connectivity index (χ2v) is 5.63. The molecule has 1 aliphatic rings. The predicted octanol–water partition coefficient (Wildman–Crippen LogP) is 2.10. The quantitative estimate of drug-likeness (QED) is 0.921. The maximum absolute atomic E-state index is 12.2. The molecule has 1 amide bonds. The van der Waals surface area contributed by atoms with Crippen LogP contribution in [-0.4, -0.2) is 38.8 Å². The summed E-state index contributed by atoms with van der Waals surface area (Å²) in [7, 11) is 1.91. The molecule has 0 spiro atoms. The highest BCUT2D eigenvalue weighted by Crippen LogP contribution is 2.30. The van der Waals surface area contributed by atoms with Gasteiger partial charge in [-0.15, -0.1) is 0 Å². The molecule has 1 aromatic rings. The maximum Gasteiger partial charge on any atom is 0.253 e. The minimum Gasteiger partial charge on any atom is -0.369 e. The van der Waals surface area contributed by atoms with Crippen molar-refractivity contribution in [3.63, 3.8) is 0 Å². The zero-order valence-corrected chi connectivity index (χ0v) is 12.9. The van der Waals surface area contributed by atoms with Crippen LogP contribution in [0.15, 0.2) is 22.7 Å². The lowest BCUT2D eigenvalue weighted by Crippen LogP contribution is -2.50. The van der Waals surface area contributed by atoms with Crippen molar-refractivity contribution >= 4 is 27.5 Å². The molecule has 0 bridgehead atoms. The number of nitrogens with one attached hydrogen (secondary N) is 1. The molecule has 4 nitrogen and oxygen atoms in total.